The Kier molecular flexibility index (Phi) is 7.19. The van der Waals surface area contributed by atoms with E-state index in [1.165, 1.54) is 6.07 Å². The van der Waals surface area contributed by atoms with Crippen molar-refractivity contribution in [3.63, 3.8) is 0 Å². The molecule has 0 atom stereocenters. The Hall–Kier alpha value is -4.50. The summed E-state index contributed by atoms with van der Waals surface area (Å²) in [7, 11) is 0. The summed E-state index contributed by atoms with van der Waals surface area (Å²) in [4.78, 5) is 23.0. The van der Waals surface area contributed by atoms with Gasteiger partial charge in [0.25, 0.3) is 0 Å². The van der Waals surface area contributed by atoms with Crippen LogP contribution in [-0.4, -0.2) is 28.6 Å². The first-order valence-electron chi connectivity index (χ1n) is 11.9. The number of nitrogens with zero attached hydrogens (tertiary/aromatic N) is 2. The van der Waals surface area contributed by atoms with Gasteiger partial charge in [0, 0.05) is 0 Å². The first-order valence-corrected chi connectivity index (χ1v) is 17.3. The third-order valence-corrected chi connectivity index (χ3v) is 17.6. The van der Waals surface area contributed by atoms with Crippen molar-refractivity contribution < 1.29 is 12.9 Å². The zero-order chi connectivity index (χ0) is 26.5. The number of nitro benzene ring substituents is 2. The van der Waals surface area contributed by atoms with Gasteiger partial charge in [-0.15, -0.1) is 0 Å². The fourth-order valence-corrected chi connectivity index (χ4v) is 15.6. The van der Waals surface area contributed by atoms with Crippen LogP contribution in [0.2, 0.25) is 0 Å². The van der Waals surface area contributed by atoms with Crippen LogP contribution in [0.15, 0.2) is 133 Å². The number of nitro groups is 2. The summed E-state index contributed by atoms with van der Waals surface area (Å²) in [6.07, 6.45) is 0. The van der Waals surface area contributed by atoms with Crippen LogP contribution in [0, 0.1) is 20.2 Å². The summed E-state index contributed by atoms with van der Waals surface area (Å²) in [6, 6.07) is 40.6. The second-order valence-electron chi connectivity index (χ2n) is 8.60. The van der Waals surface area contributed by atoms with Crippen LogP contribution in [0.3, 0.4) is 0 Å². The van der Waals surface area contributed by atoms with Crippen molar-refractivity contribution in [3.05, 3.63) is 154 Å². The number of hydrogen-bond donors (Lipinski definition) is 0. The SMILES string of the molecule is O=[N+]([O-])c1cc(-c2ccccc2)c([O][Sn]([c]2ccccc2)([c]2ccccc2)[c]2ccccc2)c([N+](=O)[O-])c1. The van der Waals surface area contributed by atoms with Gasteiger partial charge in [-0.2, -0.15) is 0 Å². The van der Waals surface area contributed by atoms with Gasteiger partial charge in [-0.1, -0.05) is 0 Å². The first kappa shape index (κ1) is 25.2. The minimum absolute atomic E-state index is 0.0270. The van der Waals surface area contributed by atoms with E-state index in [2.05, 4.69) is 0 Å². The molecule has 0 saturated heterocycles. The van der Waals surface area contributed by atoms with Gasteiger partial charge < -0.3 is 0 Å². The molecule has 0 N–H and O–H groups in total. The molecule has 0 aliphatic heterocycles. The molecule has 0 radical (unpaired) electrons. The molecule has 186 valence electrons. The molecule has 5 aromatic carbocycles. The predicted octanol–water partition coefficient (Wildman–Crippen LogP) is 5.22. The van der Waals surface area contributed by atoms with Gasteiger partial charge in [0.1, 0.15) is 0 Å². The summed E-state index contributed by atoms with van der Waals surface area (Å²) in [5, 5.41) is 24.2. The fourth-order valence-electron chi connectivity index (χ4n) is 4.63. The molecule has 0 heterocycles. The van der Waals surface area contributed by atoms with Crippen molar-refractivity contribution in [1.82, 2.24) is 0 Å². The van der Waals surface area contributed by atoms with Gasteiger partial charge in [0.2, 0.25) is 0 Å². The van der Waals surface area contributed by atoms with Gasteiger partial charge in [-0.3, -0.25) is 0 Å². The van der Waals surface area contributed by atoms with E-state index in [1.54, 1.807) is 24.3 Å². The number of benzene rings is 5. The second-order valence-corrected chi connectivity index (χ2v) is 18.0. The van der Waals surface area contributed by atoms with Crippen molar-refractivity contribution >= 4 is 40.9 Å². The van der Waals surface area contributed by atoms with E-state index in [0.717, 1.165) is 16.8 Å². The first-order chi connectivity index (χ1) is 18.5. The maximum absolute atomic E-state index is 12.4. The summed E-state index contributed by atoms with van der Waals surface area (Å²) in [6.45, 7) is 0. The van der Waals surface area contributed by atoms with E-state index >= 15 is 0 Å². The molecule has 0 bridgehead atoms. The van der Waals surface area contributed by atoms with E-state index in [1.807, 2.05) is 97.1 Å². The standard InChI is InChI=1S/C12H8N2O5.3C6H5.Sn/c15-12-10(8-4-2-1-3-5-8)6-9(13(16)17)7-11(12)14(18)19;3*1-2-4-6-5-3-1;/h1-7,15H;3*1-5H;/q;;;;+1/p-1. The van der Waals surface area contributed by atoms with Gasteiger partial charge in [-0.25, -0.2) is 0 Å². The molecule has 0 aromatic heterocycles. The molecule has 38 heavy (non-hydrogen) atoms. The Bertz CT molecular complexity index is 1480. The van der Waals surface area contributed by atoms with Crippen molar-refractivity contribution in [2.75, 3.05) is 0 Å². The van der Waals surface area contributed by atoms with Gasteiger partial charge >= 0.3 is 224 Å². The van der Waals surface area contributed by atoms with Gasteiger partial charge in [0.15, 0.2) is 0 Å². The van der Waals surface area contributed by atoms with E-state index in [-0.39, 0.29) is 11.4 Å². The van der Waals surface area contributed by atoms with Crippen LogP contribution in [-0.2, 0) is 0 Å². The molecule has 8 heteroatoms. The third kappa shape index (κ3) is 4.75. The van der Waals surface area contributed by atoms with E-state index < -0.39 is 34.3 Å². The van der Waals surface area contributed by atoms with Crippen molar-refractivity contribution in [3.8, 4) is 16.9 Å². The third-order valence-electron chi connectivity index (χ3n) is 6.34. The molecule has 0 saturated carbocycles. The Labute approximate surface area is 223 Å². The molecule has 5 rings (SSSR count). The molecule has 0 unspecified atom stereocenters. The molecule has 0 fully saturated rings. The number of non-ortho nitro benzene ring substituents is 1. The van der Waals surface area contributed by atoms with Crippen LogP contribution < -0.4 is 13.8 Å². The molecule has 0 amide bonds. The molecule has 7 nitrogen and oxygen atoms in total. The van der Waals surface area contributed by atoms with Gasteiger partial charge in [-0.05, 0) is 0 Å². The molecular weight excluding hydrogens is 587 g/mol. The maximum atomic E-state index is 12.4. The molecule has 5 aromatic rings. The normalized spacial score (nSPS) is 11.1. The van der Waals surface area contributed by atoms with Crippen LogP contribution in [0.25, 0.3) is 11.1 Å². The second kappa shape index (κ2) is 10.9. The van der Waals surface area contributed by atoms with Crippen LogP contribution in [0.4, 0.5) is 11.4 Å². The van der Waals surface area contributed by atoms with Gasteiger partial charge in [0.05, 0.1) is 0 Å². The Morgan fingerprint density at radius 1 is 0.553 bits per heavy atom. The molecule has 0 aliphatic carbocycles. The van der Waals surface area contributed by atoms with Crippen LogP contribution in [0.5, 0.6) is 5.75 Å². The topological polar surface area (TPSA) is 95.5 Å². The monoisotopic (exact) mass is 610 g/mol. The molecular formula is C30H22N2O5Sn. The predicted molar refractivity (Wildman–Crippen MR) is 150 cm³/mol. The quantitative estimate of drug-likeness (QED) is 0.137. The van der Waals surface area contributed by atoms with Crippen molar-refractivity contribution in [2.45, 2.75) is 0 Å². The molecule has 0 spiro atoms. The zero-order valence-electron chi connectivity index (χ0n) is 20.1. The Morgan fingerprint density at radius 2 is 0.974 bits per heavy atom. The van der Waals surface area contributed by atoms with E-state index in [9.17, 15) is 20.2 Å². The summed E-state index contributed by atoms with van der Waals surface area (Å²) >= 11 is -4.51. The average Bonchev–Trinajstić information content (AvgIpc) is 2.97. The summed E-state index contributed by atoms with van der Waals surface area (Å²) in [5.74, 6) is 0.0270. The van der Waals surface area contributed by atoms with E-state index in [4.69, 9.17) is 3.07 Å². The number of hydrogen-bond acceptors (Lipinski definition) is 5. The summed E-state index contributed by atoms with van der Waals surface area (Å²) < 4.78 is 9.97. The Morgan fingerprint density at radius 3 is 1.37 bits per heavy atom. The zero-order valence-corrected chi connectivity index (χ0v) is 23.0. The average molecular weight is 609 g/mol. The van der Waals surface area contributed by atoms with Crippen LogP contribution in [0.1, 0.15) is 0 Å². The fraction of sp³-hybridized carbons (Fsp3) is 0. The Balaban J connectivity index is 1.89. The number of rotatable bonds is 8. The van der Waals surface area contributed by atoms with Crippen molar-refractivity contribution in [2.24, 2.45) is 0 Å². The molecule has 0 aliphatic rings. The van der Waals surface area contributed by atoms with E-state index in [0.29, 0.717) is 11.1 Å². The minimum atomic E-state index is -4.51. The summed E-state index contributed by atoms with van der Waals surface area (Å²) in [5.41, 5.74) is 0.0730. The van der Waals surface area contributed by atoms with Crippen LogP contribution >= 0.6 is 0 Å². The van der Waals surface area contributed by atoms with Crippen molar-refractivity contribution in [1.29, 1.82) is 0 Å².